The summed E-state index contributed by atoms with van der Waals surface area (Å²) in [5.41, 5.74) is 0. The largest absolute Gasteiger partial charge is 0.301 e. The summed E-state index contributed by atoms with van der Waals surface area (Å²) >= 11 is 14.1. The van der Waals surface area contributed by atoms with E-state index in [1.165, 1.54) is 18.8 Å². The minimum atomic E-state index is -0.395. The summed E-state index contributed by atoms with van der Waals surface area (Å²) in [5, 5.41) is 0.771. The molecule has 1 saturated heterocycles. The van der Waals surface area contributed by atoms with Crippen LogP contribution in [0.15, 0.2) is 0 Å². The molecule has 0 radical (unpaired) electrons. The molecule has 0 aromatic carbocycles. The molecular weight excluding hydrogens is 225 g/mol. The molecule has 0 spiro atoms. The highest BCUT2D eigenvalue weighted by Crippen LogP contribution is 2.53. The van der Waals surface area contributed by atoms with Crippen molar-refractivity contribution in [2.24, 2.45) is 5.92 Å². The molecule has 0 aromatic heterocycles. The predicted molar refractivity (Wildman–Crippen MR) is 60.9 cm³/mol. The van der Waals surface area contributed by atoms with E-state index in [4.69, 9.17) is 23.2 Å². The molecule has 4 heteroatoms. The molecule has 2 unspecified atom stereocenters. The van der Waals surface area contributed by atoms with Crippen molar-refractivity contribution in [1.29, 1.82) is 0 Å². The monoisotopic (exact) mass is 239 g/mol. The fraction of sp³-hybridized carbons (Fsp3) is 1.00. The first-order valence-corrected chi connectivity index (χ1v) is 6.60. The van der Waals surface area contributed by atoms with Crippen molar-refractivity contribution in [1.82, 2.24) is 4.90 Å². The number of rotatable bonds is 2. The van der Waals surface area contributed by atoms with E-state index < -0.39 is 4.33 Å². The van der Waals surface area contributed by atoms with Crippen LogP contribution >= 0.6 is 35.0 Å². The molecule has 0 amide bonds. The zero-order valence-electron chi connectivity index (χ0n) is 7.80. The quantitative estimate of drug-likeness (QED) is 0.682. The maximum atomic E-state index is 6.00. The van der Waals surface area contributed by atoms with Gasteiger partial charge in [0, 0.05) is 36.6 Å². The average molecular weight is 240 g/mol. The topological polar surface area (TPSA) is 3.24 Å². The van der Waals surface area contributed by atoms with Crippen LogP contribution in [-0.4, -0.2) is 39.9 Å². The lowest BCUT2D eigenvalue weighted by Gasteiger charge is -2.30. The van der Waals surface area contributed by atoms with Crippen molar-refractivity contribution in [2.45, 2.75) is 22.9 Å². The summed E-state index contributed by atoms with van der Waals surface area (Å²) in [6, 6.07) is 0. The first-order chi connectivity index (χ1) is 6.08. The molecule has 2 fully saturated rings. The van der Waals surface area contributed by atoms with Crippen molar-refractivity contribution >= 4 is 35.0 Å². The van der Waals surface area contributed by atoms with E-state index in [0.717, 1.165) is 18.2 Å². The van der Waals surface area contributed by atoms with Crippen molar-refractivity contribution in [3.8, 4) is 0 Å². The second-order valence-electron chi connectivity index (χ2n) is 4.10. The lowest BCUT2D eigenvalue weighted by atomic mass is 10.3. The molecule has 0 N–H and O–H groups in total. The van der Waals surface area contributed by atoms with Crippen molar-refractivity contribution in [2.75, 3.05) is 25.4 Å². The minimum Gasteiger partial charge on any atom is -0.301 e. The predicted octanol–water partition coefficient (Wildman–Crippen LogP) is 2.62. The van der Waals surface area contributed by atoms with Gasteiger partial charge in [0.1, 0.15) is 4.33 Å². The Bertz CT molecular complexity index is 198. The summed E-state index contributed by atoms with van der Waals surface area (Å²) in [4.78, 5) is 2.50. The van der Waals surface area contributed by atoms with E-state index in [-0.39, 0.29) is 0 Å². The van der Waals surface area contributed by atoms with Crippen LogP contribution in [0.5, 0.6) is 0 Å². The van der Waals surface area contributed by atoms with Crippen LogP contribution in [0.2, 0.25) is 0 Å². The summed E-state index contributed by atoms with van der Waals surface area (Å²) in [6.07, 6.45) is 0.980. The SMILES string of the molecule is CC1CN(CC2CC2(Cl)Cl)CCS1. The Morgan fingerprint density at radius 3 is 2.77 bits per heavy atom. The highest BCUT2D eigenvalue weighted by Gasteiger charge is 2.52. The van der Waals surface area contributed by atoms with Gasteiger partial charge in [0.25, 0.3) is 0 Å². The molecular formula is C9H15Cl2NS. The molecule has 2 aliphatic rings. The van der Waals surface area contributed by atoms with Crippen LogP contribution in [0, 0.1) is 5.92 Å². The fourth-order valence-corrected chi connectivity index (χ4v) is 3.43. The summed E-state index contributed by atoms with van der Waals surface area (Å²) < 4.78 is -0.395. The molecule has 1 saturated carbocycles. The lowest BCUT2D eigenvalue weighted by molar-refractivity contribution is 0.274. The van der Waals surface area contributed by atoms with E-state index in [9.17, 15) is 0 Å². The van der Waals surface area contributed by atoms with Crippen LogP contribution in [0.25, 0.3) is 0 Å². The number of alkyl halides is 2. The fourth-order valence-electron chi connectivity index (χ4n) is 1.84. The molecule has 76 valence electrons. The molecule has 0 aromatic rings. The smallest absolute Gasteiger partial charge is 0.122 e. The molecule has 13 heavy (non-hydrogen) atoms. The molecule has 0 bridgehead atoms. The van der Waals surface area contributed by atoms with Crippen LogP contribution in [0.3, 0.4) is 0 Å². The number of nitrogens with zero attached hydrogens (tertiary/aromatic N) is 1. The van der Waals surface area contributed by atoms with Gasteiger partial charge in [-0.05, 0) is 6.42 Å². The van der Waals surface area contributed by atoms with Crippen molar-refractivity contribution < 1.29 is 0 Å². The average Bonchev–Trinajstić information content (AvgIpc) is 2.58. The molecule has 1 heterocycles. The normalized spacial score (nSPS) is 39.0. The van der Waals surface area contributed by atoms with Crippen LogP contribution in [0.1, 0.15) is 13.3 Å². The molecule has 2 atom stereocenters. The molecule has 2 rings (SSSR count). The highest BCUT2D eigenvalue weighted by molar-refractivity contribution is 7.99. The zero-order chi connectivity index (χ0) is 9.47. The van der Waals surface area contributed by atoms with Gasteiger partial charge in [-0.1, -0.05) is 6.92 Å². The van der Waals surface area contributed by atoms with E-state index in [1.807, 2.05) is 0 Å². The number of hydrogen-bond donors (Lipinski definition) is 0. The summed E-state index contributed by atoms with van der Waals surface area (Å²) in [6.45, 7) is 5.79. The van der Waals surface area contributed by atoms with E-state index >= 15 is 0 Å². The minimum absolute atomic E-state index is 0.395. The maximum Gasteiger partial charge on any atom is 0.122 e. The van der Waals surface area contributed by atoms with Gasteiger partial charge in [0.15, 0.2) is 0 Å². The third kappa shape index (κ3) is 2.68. The molecule has 1 nitrogen and oxygen atoms in total. The second kappa shape index (κ2) is 3.80. The van der Waals surface area contributed by atoms with Crippen molar-refractivity contribution in [3.05, 3.63) is 0 Å². The Morgan fingerprint density at radius 1 is 1.54 bits per heavy atom. The standard InChI is InChI=1S/C9H15Cl2NS/c1-7-5-12(2-3-13-7)6-8-4-9(8,10)11/h7-8H,2-6H2,1H3. The van der Waals surface area contributed by atoms with E-state index in [0.29, 0.717) is 5.92 Å². The lowest BCUT2D eigenvalue weighted by Crippen LogP contribution is -2.38. The Kier molecular flexibility index (Phi) is 3.05. The summed E-state index contributed by atoms with van der Waals surface area (Å²) in [7, 11) is 0. The highest BCUT2D eigenvalue weighted by atomic mass is 35.5. The first kappa shape index (κ1) is 10.4. The van der Waals surface area contributed by atoms with Gasteiger partial charge in [0.2, 0.25) is 0 Å². The van der Waals surface area contributed by atoms with Gasteiger partial charge in [-0.15, -0.1) is 23.2 Å². The summed E-state index contributed by atoms with van der Waals surface area (Å²) in [5.74, 6) is 1.77. The van der Waals surface area contributed by atoms with Gasteiger partial charge in [-0.2, -0.15) is 11.8 Å². The Hall–Kier alpha value is 0.890. The first-order valence-electron chi connectivity index (χ1n) is 4.80. The van der Waals surface area contributed by atoms with E-state index in [1.54, 1.807) is 0 Å². The van der Waals surface area contributed by atoms with Crippen LogP contribution in [-0.2, 0) is 0 Å². The van der Waals surface area contributed by atoms with Gasteiger partial charge < -0.3 is 4.90 Å². The van der Waals surface area contributed by atoms with Gasteiger partial charge in [-0.3, -0.25) is 0 Å². The van der Waals surface area contributed by atoms with E-state index in [2.05, 4.69) is 23.6 Å². The number of hydrogen-bond acceptors (Lipinski definition) is 2. The second-order valence-corrected chi connectivity index (χ2v) is 7.19. The Balaban J connectivity index is 1.76. The molecule has 1 aliphatic carbocycles. The maximum absolute atomic E-state index is 6.00. The van der Waals surface area contributed by atoms with Crippen molar-refractivity contribution in [3.63, 3.8) is 0 Å². The number of halogens is 2. The van der Waals surface area contributed by atoms with Gasteiger partial charge in [0.05, 0.1) is 0 Å². The third-order valence-electron chi connectivity index (χ3n) is 2.76. The van der Waals surface area contributed by atoms with Crippen LogP contribution < -0.4 is 0 Å². The van der Waals surface area contributed by atoms with Gasteiger partial charge >= 0.3 is 0 Å². The van der Waals surface area contributed by atoms with Gasteiger partial charge in [-0.25, -0.2) is 0 Å². The third-order valence-corrected chi connectivity index (χ3v) is 4.82. The molecule has 1 aliphatic heterocycles. The zero-order valence-corrected chi connectivity index (χ0v) is 10.1. The number of thioether (sulfide) groups is 1. The van der Waals surface area contributed by atoms with Crippen LogP contribution in [0.4, 0.5) is 0 Å². The Labute approximate surface area is 94.1 Å². The Morgan fingerprint density at radius 2 is 2.23 bits per heavy atom.